The Morgan fingerprint density at radius 1 is 1.50 bits per heavy atom. The molecule has 1 aromatic heterocycles. The second-order valence-corrected chi connectivity index (χ2v) is 4.92. The minimum atomic E-state index is 0. The van der Waals surface area contributed by atoms with Crippen molar-refractivity contribution in [1.29, 1.82) is 0 Å². The van der Waals surface area contributed by atoms with E-state index in [-0.39, 0.29) is 12.4 Å². The van der Waals surface area contributed by atoms with Crippen LogP contribution in [0.3, 0.4) is 0 Å². The third kappa shape index (κ3) is 3.94. The van der Waals surface area contributed by atoms with Crippen molar-refractivity contribution in [3.05, 3.63) is 29.6 Å². The van der Waals surface area contributed by atoms with Crippen molar-refractivity contribution in [3.63, 3.8) is 0 Å². The standard InChI is InChI=1S/C14H23N3.ClH/c1-3-4-14-10-16-7-8-17(14)11-13-9-15-6-5-12(13)2;/h5-6,9,14,16H,3-4,7-8,10-11H2,1-2H3;1H. The van der Waals surface area contributed by atoms with E-state index < -0.39 is 0 Å². The molecule has 0 aliphatic carbocycles. The molecule has 1 saturated heterocycles. The van der Waals surface area contributed by atoms with E-state index in [2.05, 4.69) is 35.1 Å². The second-order valence-electron chi connectivity index (χ2n) is 4.92. The van der Waals surface area contributed by atoms with Crippen molar-refractivity contribution >= 4 is 12.4 Å². The number of aromatic nitrogens is 1. The van der Waals surface area contributed by atoms with Crippen LogP contribution >= 0.6 is 12.4 Å². The number of rotatable bonds is 4. The molecule has 3 nitrogen and oxygen atoms in total. The fourth-order valence-corrected chi connectivity index (χ4v) is 2.51. The average Bonchev–Trinajstić information content (AvgIpc) is 2.35. The number of hydrogen-bond acceptors (Lipinski definition) is 3. The third-order valence-corrected chi connectivity index (χ3v) is 3.61. The van der Waals surface area contributed by atoms with Crippen molar-refractivity contribution in [2.45, 2.75) is 39.3 Å². The Morgan fingerprint density at radius 2 is 2.33 bits per heavy atom. The van der Waals surface area contributed by atoms with Gasteiger partial charge in [-0.1, -0.05) is 13.3 Å². The van der Waals surface area contributed by atoms with Gasteiger partial charge in [-0.2, -0.15) is 0 Å². The van der Waals surface area contributed by atoms with Crippen molar-refractivity contribution in [2.75, 3.05) is 19.6 Å². The number of halogens is 1. The molecular formula is C14H24ClN3. The molecule has 1 N–H and O–H groups in total. The van der Waals surface area contributed by atoms with Gasteiger partial charge in [-0.05, 0) is 30.5 Å². The summed E-state index contributed by atoms with van der Waals surface area (Å²) in [6.45, 7) is 8.88. The molecule has 4 heteroatoms. The molecule has 102 valence electrons. The lowest BCUT2D eigenvalue weighted by Crippen LogP contribution is -2.50. The first-order chi connectivity index (χ1) is 8.31. The number of pyridine rings is 1. The fourth-order valence-electron chi connectivity index (χ4n) is 2.51. The zero-order valence-electron chi connectivity index (χ0n) is 11.4. The lowest BCUT2D eigenvalue weighted by atomic mass is 10.1. The van der Waals surface area contributed by atoms with Crippen LogP contribution in [0.25, 0.3) is 0 Å². The van der Waals surface area contributed by atoms with Gasteiger partial charge in [0, 0.05) is 44.6 Å². The lowest BCUT2D eigenvalue weighted by Gasteiger charge is -2.36. The van der Waals surface area contributed by atoms with E-state index in [9.17, 15) is 0 Å². The zero-order valence-corrected chi connectivity index (χ0v) is 12.2. The Bertz CT molecular complexity index is 355. The highest BCUT2D eigenvalue weighted by atomic mass is 35.5. The van der Waals surface area contributed by atoms with Crippen molar-refractivity contribution < 1.29 is 0 Å². The highest BCUT2D eigenvalue weighted by Gasteiger charge is 2.21. The van der Waals surface area contributed by atoms with Crippen LogP contribution in [0, 0.1) is 6.92 Å². The molecule has 1 aromatic rings. The van der Waals surface area contributed by atoms with Crippen LogP contribution < -0.4 is 5.32 Å². The van der Waals surface area contributed by atoms with E-state index in [1.54, 1.807) is 0 Å². The van der Waals surface area contributed by atoms with Crippen LogP contribution in [-0.4, -0.2) is 35.6 Å². The molecular weight excluding hydrogens is 246 g/mol. The largest absolute Gasteiger partial charge is 0.314 e. The van der Waals surface area contributed by atoms with Gasteiger partial charge >= 0.3 is 0 Å². The van der Waals surface area contributed by atoms with Crippen LogP contribution in [0.1, 0.15) is 30.9 Å². The maximum Gasteiger partial charge on any atom is 0.0315 e. The van der Waals surface area contributed by atoms with Gasteiger partial charge in [0.25, 0.3) is 0 Å². The highest BCUT2D eigenvalue weighted by molar-refractivity contribution is 5.85. The summed E-state index contributed by atoms with van der Waals surface area (Å²) in [6.07, 6.45) is 6.43. The van der Waals surface area contributed by atoms with Gasteiger partial charge in [-0.15, -0.1) is 12.4 Å². The van der Waals surface area contributed by atoms with E-state index in [1.165, 1.54) is 24.0 Å². The average molecular weight is 270 g/mol. The van der Waals surface area contributed by atoms with Crippen LogP contribution in [0.4, 0.5) is 0 Å². The van der Waals surface area contributed by atoms with E-state index in [0.29, 0.717) is 6.04 Å². The number of nitrogens with one attached hydrogen (secondary N) is 1. The summed E-state index contributed by atoms with van der Waals surface area (Å²) in [7, 11) is 0. The van der Waals surface area contributed by atoms with Gasteiger partial charge in [0.1, 0.15) is 0 Å². The molecule has 1 fully saturated rings. The monoisotopic (exact) mass is 269 g/mol. The molecule has 1 atom stereocenters. The van der Waals surface area contributed by atoms with Crippen molar-refractivity contribution in [1.82, 2.24) is 15.2 Å². The quantitative estimate of drug-likeness (QED) is 0.910. The summed E-state index contributed by atoms with van der Waals surface area (Å²) >= 11 is 0. The number of nitrogens with zero attached hydrogens (tertiary/aromatic N) is 2. The van der Waals surface area contributed by atoms with Gasteiger partial charge in [0.15, 0.2) is 0 Å². The first-order valence-electron chi connectivity index (χ1n) is 6.65. The molecule has 1 aliphatic rings. The second kappa shape index (κ2) is 7.72. The molecule has 2 rings (SSSR count). The maximum absolute atomic E-state index is 4.24. The Kier molecular flexibility index (Phi) is 6.61. The van der Waals surface area contributed by atoms with E-state index >= 15 is 0 Å². The Morgan fingerprint density at radius 3 is 3.06 bits per heavy atom. The van der Waals surface area contributed by atoms with Gasteiger partial charge < -0.3 is 5.32 Å². The third-order valence-electron chi connectivity index (χ3n) is 3.61. The summed E-state index contributed by atoms with van der Waals surface area (Å²) in [5.74, 6) is 0. The zero-order chi connectivity index (χ0) is 12.1. The van der Waals surface area contributed by atoms with Gasteiger partial charge in [-0.3, -0.25) is 9.88 Å². The number of aryl methyl sites for hydroxylation is 1. The lowest BCUT2D eigenvalue weighted by molar-refractivity contribution is 0.144. The SMILES string of the molecule is CCCC1CNCCN1Cc1cnccc1C.Cl. The summed E-state index contributed by atoms with van der Waals surface area (Å²) in [5.41, 5.74) is 2.73. The molecule has 0 saturated carbocycles. The molecule has 0 spiro atoms. The Balaban J connectivity index is 0.00000162. The van der Waals surface area contributed by atoms with Crippen LogP contribution in [0.2, 0.25) is 0 Å². The van der Waals surface area contributed by atoms with E-state index in [0.717, 1.165) is 26.2 Å². The summed E-state index contributed by atoms with van der Waals surface area (Å²) in [4.78, 5) is 6.84. The van der Waals surface area contributed by atoms with Gasteiger partial charge in [-0.25, -0.2) is 0 Å². The summed E-state index contributed by atoms with van der Waals surface area (Å²) in [6, 6.07) is 2.79. The van der Waals surface area contributed by atoms with Crippen molar-refractivity contribution in [3.8, 4) is 0 Å². The van der Waals surface area contributed by atoms with Crippen LogP contribution in [0.15, 0.2) is 18.5 Å². The van der Waals surface area contributed by atoms with Gasteiger partial charge in [0.2, 0.25) is 0 Å². The first kappa shape index (κ1) is 15.4. The van der Waals surface area contributed by atoms with E-state index in [1.807, 2.05) is 12.4 Å². The normalized spacial score (nSPS) is 20.4. The molecule has 18 heavy (non-hydrogen) atoms. The molecule has 1 aliphatic heterocycles. The topological polar surface area (TPSA) is 28.2 Å². The minimum Gasteiger partial charge on any atom is -0.314 e. The van der Waals surface area contributed by atoms with Crippen LogP contribution in [-0.2, 0) is 6.54 Å². The molecule has 0 bridgehead atoms. The van der Waals surface area contributed by atoms with Crippen LogP contribution in [0.5, 0.6) is 0 Å². The van der Waals surface area contributed by atoms with Gasteiger partial charge in [0.05, 0.1) is 0 Å². The fraction of sp³-hybridized carbons (Fsp3) is 0.643. The minimum absolute atomic E-state index is 0. The highest BCUT2D eigenvalue weighted by Crippen LogP contribution is 2.15. The molecule has 2 heterocycles. The van der Waals surface area contributed by atoms with Crippen molar-refractivity contribution in [2.24, 2.45) is 0 Å². The predicted molar refractivity (Wildman–Crippen MR) is 78.2 cm³/mol. The molecule has 0 radical (unpaired) electrons. The maximum atomic E-state index is 4.24. The Labute approximate surface area is 116 Å². The molecule has 0 amide bonds. The van der Waals surface area contributed by atoms with E-state index in [4.69, 9.17) is 0 Å². The Hall–Kier alpha value is -0.640. The number of hydrogen-bond donors (Lipinski definition) is 1. The first-order valence-corrected chi connectivity index (χ1v) is 6.65. The summed E-state index contributed by atoms with van der Waals surface area (Å²) in [5, 5.41) is 3.49. The summed E-state index contributed by atoms with van der Waals surface area (Å²) < 4.78 is 0. The number of piperazine rings is 1. The molecule has 0 aromatic carbocycles. The smallest absolute Gasteiger partial charge is 0.0315 e. The molecule has 1 unspecified atom stereocenters. The predicted octanol–water partition coefficient (Wildman–Crippen LogP) is 2.39.